The standard InChI is InChI=1S/C15H19ClN2O3/c16-12-2-1-3-13(8-12)17-9-14(19)18-5-7-21-11-15(18)4-6-20-10-15/h1-3,8,17H,4-7,9-11H2. The molecule has 5 nitrogen and oxygen atoms in total. The van der Waals surface area contributed by atoms with Gasteiger partial charge in [-0.1, -0.05) is 17.7 Å². The van der Waals surface area contributed by atoms with Crippen LogP contribution in [0.2, 0.25) is 5.02 Å². The first-order chi connectivity index (χ1) is 10.2. The van der Waals surface area contributed by atoms with Crippen LogP contribution in [0.4, 0.5) is 5.69 Å². The molecule has 0 bridgehead atoms. The minimum absolute atomic E-state index is 0.0729. The van der Waals surface area contributed by atoms with E-state index < -0.39 is 0 Å². The van der Waals surface area contributed by atoms with Crippen molar-refractivity contribution in [3.63, 3.8) is 0 Å². The summed E-state index contributed by atoms with van der Waals surface area (Å²) in [6.45, 7) is 3.28. The molecule has 1 aromatic carbocycles. The molecule has 3 rings (SSSR count). The van der Waals surface area contributed by atoms with E-state index in [1.165, 1.54) is 0 Å². The van der Waals surface area contributed by atoms with E-state index in [0.29, 0.717) is 38.0 Å². The maximum Gasteiger partial charge on any atom is 0.242 e. The highest BCUT2D eigenvalue weighted by Crippen LogP contribution is 2.29. The lowest BCUT2D eigenvalue weighted by molar-refractivity contribution is -0.147. The van der Waals surface area contributed by atoms with Crippen LogP contribution in [0.5, 0.6) is 0 Å². The number of carbonyl (C=O) groups excluding carboxylic acids is 1. The topological polar surface area (TPSA) is 50.8 Å². The van der Waals surface area contributed by atoms with Gasteiger partial charge in [-0.3, -0.25) is 4.79 Å². The Kier molecular flexibility index (Phi) is 4.33. The summed E-state index contributed by atoms with van der Waals surface area (Å²) in [5.41, 5.74) is 0.576. The second-order valence-electron chi connectivity index (χ2n) is 5.49. The molecule has 1 N–H and O–H groups in total. The second kappa shape index (κ2) is 6.22. The molecular weight excluding hydrogens is 292 g/mol. The van der Waals surface area contributed by atoms with Crippen LogP contribution in [0.3, 0.4) is 0 Å². The number of halogens is 1. The zero-order chi connectivity index (χ0) is 14.7. The van der Waals surface area contributed by atoms with Gasteiger partial charge >= 0.3 is 0 Å². The molecule has 0 aliphatic carbocycles. The van der Waals surface area contributed by atoms with E-state index in [4.69, 9.17) is 21.1 Å². The van der Waals surface area contributed by atoms with Crippen molar-refractivity contribution >= 4 is 23.2 Å². The molecule has 0 aromatic heterocycles. The number of hydrogen-bond donors (Lipinski definition) is 1. The van der Waals surface area contributed by atoms with Crippen molar-refractivity contribution < 1.29 is 14.3 Å². The summed E-state index contributed by atoms with van der Waals surface area (Å²) in [5, 5.41) is 3.78. The fourth-order valence-corrected chi connectivity index (χ4v) is 3.11. The Balaban J connectivity index is 1.64. The maximum atomic E-state index is 12.5. The van der Waals surface area contributed by atoms with Crippen molar-refractivity contribution in [3.8, 4) is 0 Å². The summed E-state index contributed by atoms with van der Waals surface area (Å²) >= 11 is 5.94. The van der Waals surface area contributed by atoms with Gasteiger partial charge < -0.3 is 19.7 Å². The molecule has 1 spiro atoms. The Morgan fingerprint density at radius 2 is 2.14 bits per heavy atom. The predicted octanol–water partition coefficient (Wildman–Crippen LogP) is 1.77. The molecule has 2 heterocycles. The Morgan fingerprint density at radius 1 is 1.33 bits per heavy atom. The normalized spacial score (nSPS) is 25.3. The Bertz CT molecular complexity index is 517. The maximum absolute atomic E-state index is 12.5. The van der Waals surface area contributed by atoms with E-state index in [2.05, 4.69) is 5.32 Å². The monoisotopic (exact) mass is 310 g/mol. The molecule has 6 heteroatoms. The van der Waals surface area contributed by atoms with Crippen molar-refractivity contribution in [2.24, 2.45) is 0 Å². The summed E-state index contributed by atoms with van der Waals surface area (Å²) in [7, 11) is 0. The molecule has 2 aliphatic heterocycles. The minimum Gasteiger partial charge on any atom is -0.379 e. The minimum atomic E-state index is -0.272. The van der Waals surface area contributed by atoms with Gasteiger partial charge in [0.25, 0.3) is 0 Å². The lowest BCUT2D eigenvalue weighted by Crippen LogP contribution is -2.60. The zero-order valence-electron chi connectivity index (χ0n) is 11.8. The quantitative estimate of drug-likeness (QED) is 0.924. The molecule has 0 radical (unpaired) electrons. The summed E-state index contributed by atoms with van der Waals surface area (Å²) in [4.78, 5) is 14.5. The number of anilines is 1. The molecule has 1 unspecified atom stereocenters. The molecule has 2 saturated heterocycles. The largest absolute Gasteiger partial charge is 0.379 e. The van der Waals surface area contributed by atoms with Crippen LogP contribution in [0.1, 0.15) is 6.42 Å². The van der Waals surface area contributed by atoms with E-state index in [0.717, 1.165) is 12.1 Å². The van der Waals surface area contributed by atoms with E-state index in [9.17, 15) is 4.79 Å². The van der Waals surface area contributed by atoms with Crippen LogP contribution in [-0.4, -0.2) is 55.9 Å². The molecule has 2 fully saturated rings. The summed E-state index contributed by atoms with van der Waals surface area (Å²) in [6, 6.07) is 7.37. The van der Waals surface area contributed by atoms with Gasteiger partial charge in [0.2, 0.25) is 5.91 Å². The zero-order valence-corrected chi connectivity index (χ0v) is 12.6. The highest BCUT2D eigenvalue weighted by atomic mass is 35.5. The summed E-state index contributed by atoms with van der Waals surface area (Å²) in [5.74, 6) is 0.0729. The van der Waals surface area contributed by atoms with Crippen molar-refractivity contribution in [2.45, 2.75) is 12.0 Å². The van der Waals surface area contributed by atoms with Gasteiger partial charge in [-0.25, -0.2) is 0 Å². The number of carbonyl (C=O) groups is 1. The van der Waals surface area contributed by atoms with Gasteiger partial charge in [-0.2, -0.15) is 0 Å². The lowest BCUT2D eigenvalue weighted by Gasteiger charge is -2.43. The molecule has 114 valence electrons. The second-order valence-corrected chi connectivity index (χ2v) is 5.93. The van der Waals surface area contributed by atoms with Gasteiger partial charge in [0.1, 0.15) is 0 Å². The molecule has 1 atom stereocenters. The Hall–Kier alpha value is -1.30. The van der Waals surface area contributed by atoms with Crippen molar-refractivity contribution in [1.29, 1.82) is 0 Å². The van der Waals surface area contributed by atoms with Crippen LogP contribution in [0.25, 0.3) is 0 Å². The highest BCUT2D eigenvalue weighted by Gasteiger charge is 2.45. The molecule has 2 aliphatic rings. The lowest BCUT2D eigenvalue weighted by atomic mass is 9.95. The smallest absolute Gasteiger partial charge is 0.242 e. The summed E-state index contributed by atoms with van der Waals surface area (Å²) in [6.07, 6.45) is 0.843. The third kappa shape index (κ3) is 3.15. The first-order valence-corrected chi connectivity index (χ1v) is 7.53. The highest BCUT2D eigenvalue weighted by molar-refractivity contribution is 6.30. The average Bonchev–Trinajstić information content (AvgIpc) is 2.94. The van der Waals surface area contributed by atoms with Crippen LogP contribution in [-0.2, 0) is 14.3 Å². The Morgan fingerprint density at radius 3 is 2.90 bits per heavy atom. The van der Waals surface area contributed by atoms with Crippen molar-refractivity contribution in [1.82, 2.24) is 4.90 Å². The van der Waals surface area contributed by atoms with E-state index in [1.54, 1.807) is 6.07 Å². The first-order valence-electron chi connectivity index (χ1n) is 7.15. The number of morpholine rings is 1. The van der Waals surface area contributed by atoms with Gasteiger partial charge in [-0.05, 0) is 24.6 Å². The third-order valence-electron chi connectivity index (χ3n) is 4.05. The number of ether oxygens (including phenoxy) is 2. The summed E-state index contributed by atoms with van der Waals surface area (Å²) < 4.78 is 11.0. The van der Waals surface area contributed by atoms with E-state index in [-0.39, 0.29) is 18.0 Å². The van der Waals surface area contributed by atoms with Crippen LogP contribution in [0, 0.1) is 0 Å². The number of hydrogen-bond acceptors (Lipinski definition) is 4. The van der Waals surface area contributed by atoms with Gasteiger partial charge in [0.05, 0.1) is 31.9 Å². The van der Waals surface area contributed by atoms with Crippen molar-refractivity contribution in [2.75, 3.05) is 44.8 Å². The molecule has 1 amide bonds. The number of nitrogens with zero attached hydrogens (tertiary/aromatic N) is 1. The van der Waals surface area contributed by atoms with E-state index >= 15 is 0 Å². The van der Waals surface area contributed by atoms with Crippen LogP contribution >= 0.6 is 11.6 Å². The first kappa shape index (κ1) is 14.6. The number of rotatable bonds is 3. The number of amides is 1. The number of benzene rings is 1. The average molecular weight is 311 g/mol. The van der Waals surface area contributed by atoms with E-state index in [1.807, 2.05) is 23.1 Å². The SMILES string of the molecule is O=C(CNc1cccc(Cl)c1)N1CCOCC12CCOC2. The predicted molar refractivity (Wildman–Crippen MR) is 80.6 cm³/mol. The van der Waals surface area contributed by atoms with Crippen molar-refractivity contribution in [3.05, 3.63) is 29.3 Å². The van der Waals surface area contributed by atoms with Gasteiger partial charge in [0.15, 0.2) is 0 Å². The molecule has 0 saturated carbocycles. The van der Waals surface area contributed by atoms with Crippen LogP contribution < -0.4 is 5.32 Å². The fraction of sp³-hybridized carbons (Fsp3) is 0.533. The van der Waals surface area contributed by atoms with Gasteiger partial charge in [-0.15, -0.1) is 0 Å². The number of nitrogens with one attached hydrogen (secondary N) is 1. The molecule has 1 aromatic rings. The molecular formula is C15H19ClN2O3. The fourth-order valence-electron chi connectivity index (χ4n) is 2.92. The molecule has 21 heavy (non-hydrogen) atoms. The Labute approximate surface area is 129 Å². The third-order valence-corrected chi connectivity index (χ3v) is 4.29. The van der Waals surface area contributed by atoms with Crippen LogP contribution in [0.15, 0.2) is 24.3 Å². The van der Waals surface area contributed by atoms with Gasteiger partial charge in [0, 0.05) is 23.9 Å².